The molecule has 0 fully saturated rings. The van der Waals surface area contributed by atoms with Crippen LogP contribution in [-0.4, -0.2) is 32.0 Å². The second kappa shape index (κ2) is 7.90. The molecule has 0 bridgehead atoms. The van der Waals surface area contributed by atoms with E-state index in [0.29, 0.717) is 19.5 Å². The minimum Gasteiger partial charge on any atom is -0.356 e. The Morgan fingerprint density at radius 1 is 1.32 bits per heavy atom. The number of carbonyl (C=O) groups excluding carboxylic acids is 1. The topological polar surface area (TPSA) is 64.7 Å². The minimum absolute atomic E-state index is 0.0248. The highest BCUT2D eigenvalue weighted by Gasteiger charge is 2.38. The van der Waals surface area contributed by atoms with Crippen LogP contribution < -0.4 is 5.32 Å². The van der Waals surface area contributed by atoms with Gasteiger partial charge in [-0.3, -0.25) is 14.2 Å². The van der Waals surface area contributed by atoms with Crippen molar-refractivity contribution >= 4 is 17.5 Å². The lowest BCUT2D eigenvalue weighted by atomic mass is 10.3. The SMILES string of the molecule is Cc1cnn(CCCNC(=O)CCn2nc(C(F)(F)F)c(Cl)c2C)c1. The lowest BCUT2D eigenvalue weighted by Gasteiger charge is -2.07. The third-order valence-corrected chi connectivity index (χ3v) is 4.05. The normalized spacial score (nSPS) is 11.8. The quantitative estimate of drug-likeness (QED) is 0.754. The fourth-order valence-corrected chi connectivity index (χ4v) is 2.52. The van der Waals surface area contributed by atoms with Crippen molar-refractivity contribution in [1.82, 2.24) is 24.9 Å². The molecule has 0 spiro atoms. The van der Waals surface area contributed by atoms with Crippen molar-refractivity contribution in [3.8, 4) is 0 Å². The average Bonchev–Trinajstić information content (AvgIpc) is 3.06. The van der Waals surface area contributed by atoms with Crippen LogP contribution in [0.15, 0.2) is 12.4 Å². The lowest BCUT2D eigenvalue weighted by molar-refractivity contribution is -0.141. The molecule has 0 saturated heterocycles. The summed E-state index contributed by atoms with van der Waals surface area (Å²) in [5, 5.41) is 9.89. The molecule has 0 aromatic carbocycles. The number of carbonyl (C=O) groups is 1. The summed E-state index contributed by atoms with van der Waals surface area (Å²) in [5.41, 5.74) is 0.132. The number of nitrogens with zero attached hydrogens (tertiary/aromatic N) is 4. The van der Waals surface area contributed by atoms with E-state index < -0.39 is 16.9 Å². The van der Waals surface area contributed by atoms with Crippen LogP contribution in [0.3, 0.4) is 0 Å². The van der Waals surface area contributed by atoms with E-state index in [9.17, 15) is 18.0 Å². The monoisotopic (exact) mass is 377 g/mol. The van der Waals surface area contributed by atoms with Crippen molar-refractivity contribution in [1.29, 1.82) is 0 Å². The molecule has 2 aromatic rings. The Hall–Kier alpha value is -2.03. The van der Waals surface area contributed by atoms with Crippen molar-refractivity contribution in [2.45, 2.75) is 46.0 Å². The summed E-state index contributed by atoms with van der Waals surface area (Å²) in [7, 11) is 0. The van der Waals surface area contributed by atoms with Gasteiger partial charge in [0, 0.05) is 25.7 Å². The molecule has 10 heteroatoms. The van der Waals surface area contributed by atoms with Crippen molar-refractivity contribution in [2.75, 3.05) is 6.54 Å². The van der Waals surface area contributed by atoms with Gasteiger partial charge in [-0.25, -0.2) is 0 Å². The molecule has 1 amide bonds. The summed E-state index contributed by atoms with van der Waals surface area (Å²) in [6.45, 7) is 4.56. The minimum atomic E-state index is -4.61. The molecule has 0 unspecified atom stereocenters. The molecule has 25 heavy (non-hydrogen) atoms. The zero-order valence-electron chi connectivity index (χ0n) is 13.9. The number of aryl methyl sites for hydroxylation is 3. The van der Waals surface area contributed by atoms with E-state index in [1.54, 1.807) is 10.9 Å². The number of rotatable bonds is 7. The molecule has 6 nitrogen and oxygen atoms in total. The van der Waals surface area contributed by atoms with E-state index in [1.807, 2.05) is 13.1 Å². The van der Waals surface area contributed by atoms with Crippen LogP contribution in [0.4, 0.5) is 13.2 Å². The number of alkyl halides is 3. The molecule has 2 heterocycles. The second-order valence-corrected chi connectivity index (χ2v) is 6.08. The summed E-state index contributed by atoms with van der Waals surface area (Å²) < 4.78 is 41.1. The van der Waals surface area contributed by atoms with E-state index in [2.05, 4.69) is 15.5 Å². The van der Waals surface area contributed by atoms with E-state index in [4.69, 9.17) is 11.6 Å². The van der Waals surface area contributed by atoms with Crippen LogP contribution >= 0.6 is 11.6 Å². The number of amides is 1. The van der Waals surface area contributed by atoms with E-state index in [-0.39, 0.29) is 24.6 Å². The predicted octanol–water partition coefficient (Wildman–Crippen LogP) is 2.97. The number of nitrogens with one attached hydrogen (secondary N) is 1. The highest BCUT2D eigenvalue weighted by atomic mass is 35.5. The van der Waals surface area contributed by atoms with Crippen LogP contribution in [0, 0.1) is 13.8 Å². The number of halogens is 4. The van der Waals surface area contributed by atoms with E-state index in [1.165, 1.54) is 6.92 Å². The molecule has 0 aliphatic carbocycles. The van der Waals surface area contributed by atoms with Crippen LogP contribution in [0.25, 0.3) is 0 Å². The summed E-state index contributed by atoms with van der Waals surface area (Å²) in [4.78, 5) is 11.8. The zero-order chi connectivity index (χ0) is 18.6. The van der Waals surface area contributed by atoms with Gasteiger partial charge in [-0.05, 0) is 25.8 Å². The van der Waals surface area contributed by atoms with Crippen LogP contribution in [0.5, 0.6) is 0 Å². The molecule has 0 aliphatic heterocycles. The fourth-order valence-electron chi connectivity index (χ4n) is 2.28. The van der Waals surface area contributed by atoms with Crippen molar-refractivity contribution in [2.24, 2.45) is 0 Å². The standard InChI is InChI=1S/C15H19ClF3N5O/c1-10-8-21-23(9-10)6-3-5-20-12(25)4-7-24-11(2)13(16)14(22-24)15(17,18)19/h8-9H,3-7H2,1-2H3,(H,20,25). The third kappa shape index (κ3) is 5.22. The van der Waals surface area contributed by atoms with Gasteiger partial charge in [0.15, 0.2) is 5.69 Å². The third-order valence-electron chi connectivity index (χ3n) is 3.60. The van der Waals surface area contributed by atoms with Crippen LogP contribution in [-0.2, 0) is 24.1 Å². The maximum Gasteiger partial charge on any atom is 0.436 e. The molecule has 2 aromatic heterocycles. The Morgan fingerprint density at radius 2 is 2.04 bits per heavy atom. The number of hydrogen-bond acceptors (Lipinski definition) is 3. The van der Waals surface area contributed by atoms with Crippen LogP contribution in [0.1, 0.15) is 29.8 Å². The molecule has 0 atom stereocenters. The van der Waals surface area contributed by atoms with E-state index >= 15 is 0 Å². The Balaban J connectivity index is 1.76. The maximum absolute atomic E-state index is 12.7. The molecule has 0 radical (unpaired) electrons. The molecular formula is C15H19ClF3N5O. The van der Waals surface area contributed by atoms with Gasteiger partial charge in [-0.15, -0.1) is 0 Å². The highest BCUT2D eigenvalue weighted by Crippen LogP contribution is 2.35. The van der Waals surface area contributed by atoms with Gasteiger partial charge in [0.1, 0.15) is 0 Å². The van der Waals surface area contributed by atoms with Crippen LogP contribution in [0.2, 0.25) is 5.02 Å². The summed E-state index contributed by atoms with van der Waals surface area (Å²) in [6, 6.07) is 0. The van der Waals surface area contributed by atoms with Gasteiger partial charge in [0.25, 0.3) is 0 Å². The van der Waals surface area contributed by atoms with Gasteiger partial charge < -0.3 is 5.32 Å². The second-order valence-electron chi connectivity index (χ2n) is 5.70. The van der Waals surface area contributed by atoms with E-state index in [0.717, 1.165) is 10.2 Å². The molecule has 1 N–H and O–H groups in total. The Bertz CT molecular complexity index is 738. The summed E-state index contributed by atoms with van der Waals surface area (Å²) >= 11 is 5.66. The zero-order valence-corrected chi connectivity index (χ0v) is 14.7. The van der Waals surface area contributed by atoms with Crippen molar-refractivity contribution < 1.29 is 18.0 Å². The van der Waals surface area contributed by atoms with Crippen molar-refractivity contribution in [3.63, 3.8) is 0 Å². The smallest absolute Gasteiger partial charge is 0.356 e. The van der Waals surface area contributed by atoms with Gasteiger partial charge >= 0.3 is 6.18 Å². The fraction of sp³-hybridized carbons (Fsp3) is 0.533. The lowest BCUT2D eigenvalue weighted by Crippen LogP contribution is -2.26. The molecule has 2 rings (SSSR count). The Morgan fingerprint density at radius 3 is 2.60 bits per heavy atom. The Labute approximate surface area is 147 Å². The predicted molar refractivity (Wildman–Crippen MR) is 86.2 cm³/mol. The average molecular weight is 378 g/mol. The first-order valence-corrected chi connectivity index (χ1v) is 8.12. The largest absolute Gasteiger partial charge is 0.436 e. The maximum atomic E-state index is 12.7. The molecule has 138 valence electrons. The summed E-state index contributed by atoms with van der Waals surface area (Å²) in [6.07, 6.45) is -0.218. The number of aromatic nitrogens is 4. The summed E-state index contributed by atoms with van der Waals surface area (Å²) in [5.74, 6) is -0.253. The molecule has 0 saturated carbocycles. The van der Waals surface area contributed by atoms with Gasteiger partial charge in [0.2, 0.25) is 5.91 Å². The first kappa shape index (κ1) is 19.3. The molecule has 0 aliphatic rings. The van der Waals surface area contributed by atoms with Gasteiger partial charge in [0.05, 0.1) is 23.5 Å². The van der Waals surface area contributed by atoms with Crippen molar-refractivity contribution in [3.05, 3.63) is 34.4 Å². The number of hydrogen-bond donors (Lipinski definition) is 1. The Kier molecular flexibility index (Phi) is 6.10. The van der Waals surface area contributed by atoms with Gasteiger partial charge in [-0.1, -0.05) is 11.6 Å². The van der Waals surface area contributed by atoms with Gasteiger partial charge in [-0.2, -0.15) is 23.4 Å². The first-order valence-electron chi connectivity index (χ1n) is 7.74. The first-order chi connectivity index (χ1) is 11.7. The molecular weight excluding hydrogens is 359 g/mol. The highest BCUT2D eigenvalue weighted by molar-refractivity contribution is 6.31.